The lowest BCUT2D eigenvalue weighted by Crippen LogP contribution is -2.36. The summed E-state index contributed by atoms with van der Waals surface area (Å²) in [5.41, 5.74) is 2.96. The van der Waals surface area contributed by atoms with Crippen LogP contribution in [-0.4, -0.2) is 12.1 Å². The molecule has 1 aliphatic rings. The average Bonchev–Trinajstić information content (AvgIpc) is 2.54. The van der Waals surface area contributed by atoms with E-state index in [1.54, 1.807) is 0 Å². The third-order valence-electron chi connectivity index (χ3n) is 3.89. The van der Waals surface area contributed by atoms with Crippen molar-refractivity contribution in [1.82, 2.24) is 5.32 Å². The quantitative estimate of drug-likeness (QED) is 0.870. The van der Waals surface area contributed by atoms with Gasteiger partial charge < -0.3 is 15.4 Å². The van der Waals surface area contributed by atoms with Crippen molar-refractivity contribution in [2.75, 3.05) is 5.32 Å². The van der Waals surface area contributed by atoms with Crippen LogP contribution in [0.25, 0.3) is 0 Å². The van der Waals surface area contributed by atoms with Crippen molar-refractivity contribution in [2.24, 2.45) is 0 Å². The molecule has 0 radical (unpaired) electrons. The molecule has 120 valence electrons. The van der Waals surface area contributed by atoms with Crippen molar-refractivity contribution in [3.8, 4) is 0 Å². The lowest BCUT2D eigenvalue weighted by atomic mass is 9.94. The molecule has 0 fully saturated rings. The number of carbonyl (C=O) groups is 1. The molecule has 0 saturated carbocycles. The van der Waals surface area contributed by atoms with E-state index in [0.29, 0.717) is 5.02 Å². The molecule has 2 aromatic carbocycles. The number of ether oxygens (including phenoxy) is 1. The van der Waals surface area contributed by atoms with Crippen LogP contribution in [0.1, 0.15) is 30.5 Å². The third kappa shape index (κ3) is 3.96. The van der Waals surface area contributed by atoms with Crippen LogP contribution in [0.2, 0.25) is 5.02 Å². The average molecular weight is 331 g/mol. The van der Waals surface area contributed by atoms with E-state index in [-0.39, 0.29) is 18.7 Å². The first-order chi connectivity index (χ1) is 11.1. The highest BCUT2D eigenvalue weighted by Gasteiger charge is 2.26. The van der Waals surface area contributed by atoms with Crippen LogP contribution >= 0.6 is 11.6 Å². The Kier molecular flexibility index (Phi) is 4.72. The summed E-state index contributed by atoms with van der Waals surface area (Å²) in [5.74, 6) is 0. The minimum absolute atomic E-state index is 0.108. The van der Waals surface area contributed by atoms with Crippen LogP contribution in [0, 0.1) is 0 Å². The summed E-state index contributed by atoms with van der Waals surface area (Å²) < 4.78 is 5.31. The van der Waals surface area contributed by atoms with Crippen LogP contribution in [0.3, 0.4) is 0 Å². The molecule has 1 aliphatic heterocycles. The van der Waals surface area contributed by atoms with Gasteiger partial charge in [-0.1, -0.05) is 41.9 Å². The highest BCUT2D eigenvalue weighted by Crippen LogP contribution is 2.34. The van der Waals surface area contributed by atoms with Gasteiger partial charge in [-0.2, -0.15) is 0 Å². The second kappa shape index (κ2) is 6.92. The normalized spacial score (nSPS) is 19.4. The second-order valence-electron chi connectivity index (χ2n) is 5.77. The summed E-state index contributed by atoms with van der Waals surface area (Å²) in [6.07, 6.45) is 0.368. The monoisotopic (exact) mass is 330 g/mol. The van der Waals surface area contributed by atoms with Crippen LogP contribution in [0.15, 0.2) is 48.5 Å². The van der Waals surface area contributed by atoms with Gasteiger partial charge in [0.15, 0.2) is 0 Å². The molecule has 0 aromatic heterocycles. The van der Waals surface area contributed by atoms with Gasteiger partial charge in [0.1, 0.15) is 6.61 Å². The Balaban J connectivity index is 1.65. The fourth-order valence-corrected chi connectivity index (χ4v) is 2.98. The van der Waals surface area contributed by atoms with Crippen molar-refractivity contribution < 1.29 is 9.53 Å². The lowest BCUT2D eigenvalue weighted by Gasteiger charge is -2.31. The van der Waals surface area contributed by atoms with E-state index in [4.69, 9.17) is 16.3 Å². The van der Waals surface area contributed by atoms with Gasteiger partial charge in [-0.15, -0.1) is 0 Å². The Morgan fingerprint density at radius 3 is 2.87 bits per heavy atom. The number of halogens is 1. The largest absolute Gasteiger partial charge is 0.445 e. The summed E-state index contributed by atoms with van der Waals surface area (Å²) in [7, 11) is 0. The zero-order valence-corrected chi connectivity index (χ0v) is 13.6. The van der Waals surface area contributed by atoms with Crippen LogP contribution < -0.4 is 10.6 Å². The molecular weight excluding hydrogens is 312 g/mol. The number of benzene rings is 2. The van der Waals surface area contributed by atoms with Gasteiger partial charge >= 0.3 is 6.09 Å². The molecule has 2 N–H and O–H groups in total. The van der Waals surface area contributed by atoms with Gasteiger partial charge in [0, 0.05) is 16.8 Å². The van der Waals surface area contributed by atoms with E-state index in [2.05, 4.69) is 17.6 Å². The third-order valence-corrected chi connectivity index (χ3v) is 4.12. The maximum absolute atomic E-state index is 12.1. The topological polar surface area (TPSA) is 50.4 Å². The minimum atomic E-state index is -0.418. The molecule has 1 amide bonds. The number of hydrogen-bond donors (Lipinski definition) is 2. The highest BCUT2D eigenvalue weighted by atomic mass is 35.5. The number of amides is 1. The van der Waals surface area contributed by atoms with Gasteiger partial charge in [-0.05, 0) is 42.7 Å². The number of rotatable bonds is 3. The predicted molar refractivity (Wildman–Crippen MR) is 91.7 cm³/mol. The lowest BCUT2D eigenvalue weighted by molar-refractivity contribution is 0.134. The van der Waals surface area contributed by atoms with Gasteiger partial charge in [0.2, 0.25) is 0 Å². The van der Waals surface area contributed by atoms with Crippen molar-refractivity contribution >= 4 is 23.4 Å². The van der Waals surface area contributed by atoms with Crippen LogP contribution in [-0.2, 0) is 11.3 Å². The van der Waals surface area contributed by atoms with Gasteiger partial charge in [0.25, 0.3) is 0 Å². The van der Waals surface area contributed by atoms with E-state index < -0.39 is 6.09 Å². The summed E-state index contributed by atoms with van der Waals surface area (Å²) in [6, 6.07) is 15.5. The van der Waals surface area contributed by atoms with E-state index in [0.717, 1.165) is 23.2 Å². The molecule has 3 rings (SSSR count). The fourth-order valence-electron chi connectivity index (χ4n) is 2.80. The van der Waals surface area contributed by atoms with Crippen molar-refractivity contribution in [2.45, 2.75) is 32.0 Å². The number of alkyl carbamates (subject to hydrolysis) is 1. The molecule has 0 aliphatic carbocycles. The molecule has 0 bridgehead atoms. The number of hydrogen-bond acceptors (Lipinski definition) is 3. The molecule has 2 aromatic rings. The molecule has 1 heterocycles. The minimum Gasteiger partial charge on any atom is -0.445 e. The Labute approximate surface area is 140 Å². The summed E-state index contributed by atoms with van der Waals surface area (Å²) >= 11 is 6.08. The Morgan fingerprint density at radius 2 is 2.09 bits per heavy atom. The highest BCUT2D eigenvalue weighted by molar-refractivity contribution is 6.30. The molecule has 0 spiro atoms. The number of carbonyl (C=O) groups excluding carboxylic acids is 1. The Bertz CT molecular complexity index is 691. The summed E-state index contributed by atoms with van der Waals surface area (Å²) in [4.78, 5) is 12.1. The molecule has 23 heavy (non-hydrogen) atoms. The van der Waals surface area contributed by atoms with E-state index in [1.807, 2.05) is 48.5 Å². The maximum atomic E-state index is 12.1. The molecule has 2 atom stereocenters. The zero-order valence-electron chi connectivity index (χ0n) is 12.9. The van der Waals surface area contributed by atoms with E-state index in [9.17, 15) is 4.79 Å². The number of nitrogens with one attached hydrogen (secondary N) is 2. The SMILES string of the molecule is C[C@H]1C[C@@H](NC(=O)OCc2ccccc2)c2cc(Cl)ccc2N1. The zero-order chi connectivity index (χ0) is 16.2. The standard InChI is InChI=1S/C18H19ClN2O2/c1-12-9-17(15-10-14(19)7-8-16(15)20-12)21-18(22)23-11-13-5-3-2-4-6-13/h2-8,10,12,17,20H,9,11H2,1H3,(H,21,22)/t12-,17+/m0/s1. The second-order valence-corrected chi connectivity index (χ2v) is 6.21. The number of anilines is 1. The number of fused-ring (bicyclic) bond motifs is 1. The van der Waals surface area contributed by atoms with E-state index >= 15 is 0 Å². The van der Waals surface area contributed by atoms with E-state index in [1.165, 1.54) is 0 Å². The first-order valence-corrected chi connectivity index (χ1v) is 8.03. The Hall–Kier alpha value is -2.20. The first kappa shape index (κ1) is 15.7. The van der Waals surface area contributed by atoms with Gasteiger partial charge in [0.05, 0.1) is 6.04 Å². The van der Waals surface area contributed by atoms with Gasteiger partial charge in [-0.25, -0.2) is 4.79 Å². The van der Waals surface area contributed by atoms with Gasteiger partial charge in [-0.3, -0.25) is 0 Å². The van der Waals surface area contributed by atoms with Crippen molar-refractivity contribution in [3.05, 3.63) is 64.7 Å². The summed E-state index contributed by atoms with van der Waals surface area (Å²) in [5, 5.41) is 7.00. The van der Waals surface area contributed by atoms with Crippen LogP contribution in [0.5, 0.6) is 0 Å². The molecule has 4 nitrogen and oxygen atoms in total. The molecule has 0 saturated heterocycles. The Morgan fingerprint density at radius 1 is 1.30 bits per heavy atom. The van der Waals surface area contributed by atoms with Crippen molar-refractivity contribution in [3.63, 3.8) is 0 Å². The first-order valence-electron chi connectivity index (χ1n) is 7.65. The van der Waals surface area contributed by atoms with Crippen LogP contribution in [0.4, 0.5) is 10.5 Å². The fraction of sp³-hybridized carbons (Fsp3) is 0.278. The molecule has 0 unspecified atom stereocenters. The smallest absolute Gasteiger partial charge is 0.407 e. The molecular formula is C18H19ClN2O2. The molecule has 5 heteroatoms. The maximum Gasteiger partial charge on any atom is 0.407 e. The predicted octanol–water partition coefficient (Wildman–Crippen LogP) is 4.51. The summed E-state index contributed by atoms with van der Waals surface area (Å²) in [6.45, 7) is 2.34. The van der Waals surface area contributed by atoms with Crippen molar-refractivity contribution in [1.29, 1.82) is 0 Å².